The Morgan fingerprint density at radius 3 is 2.77 bits per heavy atom. The number of halogens is 2. The second-order valence-corrected chi connectivity index (χ2v) is 6.65. The summed E-state index contributed by atoms with van der Waals surface area (Å²) in [5.41, 5.74) is 1.64. The van der Waals surface area contributed by atoms with Gasteiger partial charge in [0, 0.05) is 28.0 Å². The number of ether oxygens (including phenoxy) is 1. The van der Waals surface area contributed by atoms with Crippen LogP contribution < -0.4 is 5.32 Å². The predicted molar refractivity (Wildman–Crippen MR) is 99.4 cm³/mol. The summed E-state index contributed by atoms with van der Waals surface area (Å²) in [5.74, 6) is -1.95. The Bertz CT molecular complexity index is 970. The fourth-order valence-corrected chi connectivity index (χ4v) is 3.10. The summed E-state index contributed by atoms with van der Waals surface area (Å²) in [6.45, 7) is 0. The van der Waals surface area contributed by atoms with Gasteiger partial charge in [-0.1, -0.05) is 34.1 Å². The molecule has 0 fully saturated rings. The number of aromatic amines is 1. The topological polar surface area (TPSA) is 71.2 Å². The van der Waals surface area contributed by atoms with Crippen LogP contribution in [0.25, 0.3) is 10.9 Å². The van der Waals surface area contributed by atoms with E-state index in [1.807, 2.05) is 24.3 Å². The number of amides is 1. The second-order valence-electron chi connectivity index (χ2n) is 5.74. The first-order valence-electron chi connectivity index (χ1n) is 7.88. The van der Waals surface area contributed by atoms with Crippen LogP contribution >= 0.6 is 15.9 Å². The Morgan fingerprint density at radius 1 is 1.27 bits per heavy atom. The summed E-state index contributed by atoms with van der Waals surface area (Å²) < 4.78 is 19.3. The van der Waals surface area contributed by atoms with Crippen molar-refractivity contribution in [3.8, 4) is 0 Å². The van der Waals surface area contributed by atoms with Crippen LogP contribution in [0.3, 0.4) is 0 Å². The Hall–Kier alpha value is -2.67. The number of para-hydroxylation sites is 1. The van der Waals surface area contributed by atoms with Gasteiger partial charge < -0.3 is 15.0 Å². The standard InChI is InChI=1S/C19H16BrFN2O3/c1-26-19(25)17(8-11-10-22-16-5-3-2-4-13(11)16)23-18(24)14-7-6-12(20)9-15(14)21/h2-7,9-10,17,22H,8H2,1H3,(H,23,24). The van der Waals surface area contributed by atoms with Gasteiger partial charge in [-0.25, -0.2) is 9.18 Å². The van der Waals surface area contributed by atoms with Crippen LogP contribution in [0.2, 0.25) is 0 Å². The van der Waals surface area contributed by atoms with Gasteiger partial charge in [-0.3, -0.25) is 4.79 Å². The molecular weight excluding hydrogens is 403 g/mol. The molecule has 0 aliphatic carbocycles. The van der Waals surface area contributed by atoms with Gasteiger partial charge in [0.1, 0.15) is 11.9 Å². The highest BCUT2D eigenvalue weighted by atomic mass is 79.9. The van der Waals surface area contributed by atoms with Crippen molar-refractivity contribution in [2.24, 2.45) is 0 Å². The minimum Gasteiger partial charge on any atom is -0.467 e. The van der Waals surface area contributed by atoms with Crippen LogP contribution in [0, 0.1) is 5.82 Å². The smallest absolute Gasteiger partial charge is 0.328 e. The SMILES string of the molecule is COC(=O)C(Cc1c[nH]c2ccccc12)NC(=O)c1ccc(Br)cc1F. The van der Waals surface area contributed by atoms with Gasteiger partial charge in [0.05, 0.1) is 12.7 Å². The van der Waals surface area contributed by atoms with Crippen molar-refractivity contribution in [1.29, 1.82) is 0 Å². The highest BCUT2D eigenvalue weighted by Crippen LogP contribution is 2.20. The number of carbonyl (C=O) groups excluding carboxylic acids is 2. The van der Waals surface area contributed by atoms with E-state index >= 15 is 0 Å². The van der Waals surface area contributed by atoms with Crippen LogP contribution in [0.1, 0.15) is 15.9 Å². The molecule has 1 unspecified atom stereocenters. The molecule has 0 bridgehead atoms. The number of benzene rings is 2. The largest absolute Gasteiger partial charge is 0.467 e. The number of carbonyl (C=O) groups is 2. The third-order valence-corrected chi connectivity index (χ3v) is 4.56. The van der Waals surface area contributed by atoms with Gasteiger partial charge >= 0.3 is 5.97 Å². The number of fused-ring (bicyclic) bond motifs is 1. The van der Waals surface area contributed by atoms with E-state index in [2.05, 4.69) is 26.2 Å². The fraction of sp³-hybridized carbons (Fsp3) is 0.158. The van der Waals surface area contributed by atoms with Crippen LogP contribution in [-0.4, -0.2) is 30.0 Å². The lowest BCUT2D eigenvalue weighted by Gasteiger charge is -2.16. The van der Waals surface area contributed by atoms with Crippen LogP contribution in [0.15, 0.2) is 53.1 Å². The summed E-state index contributed by atoms with van der Waals surface area (Å²) in [7, 11) is 1.25. The van der Waals surface area contributed by atoms with E-state index in [9.17, 15) is 14.0 Å². The molecule has 0 saturated carbocycles. The number of methoxy groups -OCH3 is 1. The fourth-order valence-electron chi connectivity index (χ4n) is 2.77. The summed E-state index contributed by atoms with van der Waals surface area (Å²) >= 11 is 3.14. The number of esters is 1. The van der Waals surface area contributed by atoms with E-state index in [-0.39, 0.29) is 12.0 Å². The third-order valence-electron chi connectivity index (χ3n) is 4.07. The zero-order valence-electron chi connectivity index (χ0n) is 13.9. The van der Waals surface area contributed by atoms with E-state index < -0.39 is 23.7 Å². The molecule has 0 saturated heterocycles. The van der Waals surface area contributed by atoms with E-state index in [0.717, 1.165) is 16.5 Å². The maximum atomic E-state index is 14.0. The number of H-pyrrole nitrogens is 1. The normalized spacial score (nSPS) is 12.0. The molecule has 5 nitrogen and oxygen atoms in total. The Labute approximate surface area is 157 Å². The molecule has 1 amide bonds. The molecule has 0 aliphatic rings. The van der Waals surface area contributed by atoms with Crippen molar-refractivity contribution in [2.45, 2.75) is 12.5 Å². The Kier molecular flexibility index (Phi) is 5.37. The summed E-state index contributed by atoms with van der Waals surface area (Å²) in [6, 6.07) is 10.8. The number of rotatable bonds is 5. The number of hydrogen-bond acceptors (Lipinski definition) is 3. The molecule has 3 aromatic rings. The summed E-state index contributed by atoms with van der Waals surface area (Å²) in [6.07, 6.45) is 2.01. The molecule has 0 radical (unpaired) electrons. The van der Waals surface area contributed by atoms with Crippen LogP contribution in [0.4, 0.5) is 4.39 Å². The number of aromatic nitrogens is 1. The van der Waals surface area contributed by atoms with Gasteiger partial charge in [-0.15, -0.1) is 0 Å². The lowest BCUT2D eigenvalue weighted by molar-refractivity contribution is -0.142. The lowest BCUT2D eigenvalue weighted by Crippen LogP contribution is -2.43. The quantitative estimate of drug-likeness (QED) is 0.622. The Morgan fingerprint density at radius 2 is 2.04 bits per heavy atom. The van der Waals surface area contributed by atoms with E-state index in [0.29, 0.717) is 4.47 Å². The molecule has 134 valence electrons. The molecule has 7 heteroatoms. The van der Waals surface area contributed by atoms with Gasteiger partial charge in [0.15, 0.2) is 0 Å². The van der Waals surface area contributed by atoms with Gasteiger partial charge in [-0.05, 0) is 29.8 Å². The van der Waals surface area contributed by atoms with Crippen molar-refractivity contribution < 1.29 is 18.7 Å². The summed E-state index contributed by atoms with van der Waals surface area (Å²) in [4.78, 5) is 27.7. The highest BCUT2D eigenvalue weighted by molar-refractivity contribution is 9.10. The molecule has 2 aromatic carbocycles. The second kappa shape index (κ2) is 7.70. The molecule has 0 aliphatic heterocycles. The zero-order chi connectivity index (χ0) is 18.7. The molecular formula is C19H16BrFN2O3. The van der Waals surface area contributed by atoms with Crippen molar-refractivity contribution in [3.63, 3.8) is 0 Å². The van der Waals surface area contributed by atoms with Crippen molar-refractivity contribution >= 4 is 38.7 Å². The van der Waals surface area contributed by atoms with Crippen LogP contribution in [-0.2, 0) is 16.0 Å². The third kappa shape index (κ3) is 3.77. The first-order chi connectivity index (χ1) is 12.5. The molecule has 2 N–H and O–H groups in total. The zero-order valence-corrected chi connectivity index (χ0v) is 15.5. The molecule has 1 aromatic heterocycles. The maximum Gasteiger partial charge on any atom is 0.328 e. The van der Waals surface area contributed by atoms with Crippen molar-refractivity contribution in [1.82, 2.24) is 10.3 Å². The monoisotopic (exact) mass is 418 g/mol. The van der Waals surface area contributed by atoms with Gasteiger partial charge in [0.25, 0.3) is 5.91 Å². The molecule has 26 heavy (non-hydrogen) atoms. The predicted octanol–water partition coefficient (Wildman–Crippen LogP) is 3.58. The number of hydrogen-bond donors (Lipinski definition) is 2. The lowest BCUT2D eigenvalue weighted by atomic mass is 10.0. The van der Waals surface area contributed by atoms with Gasteiger partial charge in [0.2, 0.25) is 0 Å². The van der Waals surface area contributed by atoms with E-state index in [1.165, 1.54) is 19.2 Å². The average molecular weight is 419 g/mol. The molecule has 1 atom stereocenters. The van der Waals surface area contributed by atoms with Gasteiger partial charge in [-0.2, -0.15) is 0 Å². The molecule has 1 heterocycles. The van der Waals surface area contributed by atoms with Crippen molar-refractivity contribution in [3.05, 3.63) is 70.1 Å². The maximum absolute atomic E-state index is 14.0. The van der Waals surface area contributed by atoms with E-state index in [4.69, 9.17) is 4.74 Å². The first-order valence-corrected chi connectivity index (χ1v) is 8.67. The summed E-state index contributed by atoms with van der Waals surface area (Å²) in [5, 5.41) is 3.51. The minimum absolute atomic E-state index is 0.138. The molecule has 3 rings (SSSR count). The van der Waals surface area contributed by atoms with E-state index in [1.54, 1.807) is 12.3 Å². The highest BCUT2D eigenvalue weighted by Gasteiger charge is 2.25. The first kappa shape index (κ1) is 18.1. The number of nitrogens with one attached hydrogen (secondary N) is 2. The Balaban J connectivity index is 1.84. The minimum atomic E-state index is -0.935. The van der Waals surface area contributed by atoms with Crippen LogP contribution in [0.5, 0.6) is 0 Å². The molecule has 0 spiro atoms. The van der Waals surface area contributed by atoms with Crippen molar-refractivity contribution in [2.75, 3.05) is 7.11 Å². The average Bonchev–Trinajstić information content (AvgIpc) is 3.03.